The summed E-state index contributed by atoms with van der Waals surface area (Å²) < 4.78 is 0. The van der Waals surface area contributed by atoms with E-state index in [4.69, 9.17) is 0 Å². The average molecular weight is 381 g/mol. The standard InChI is InChI=1S/C19H28N2O2S2/c1-16(20(2)15-23)19(10-13-22)25-24-18-8-11-21(12-9-18)14-17-6-4-3-5-7-17/h3-7,15,18,22H,8-14H2,1-2H3/b19-16-. The van der Waals surface area contributed by atoms with E-state index in [-0.39, 0.29) is 6.61 Å². The number of carbonyl (C=O) groups is 1. The molecule has 0 aliphatic carbocycles. The first-order valence-electron chi connectivity index (χ1n) is 8.72. The van der Waals surface area contributed by atoms with Crippen molar-refractivity contribution in [3.05, 3.63) is 46.5 Å². The Bertz CT molecular complexity index is 558. The molecular weight excluding hydrogens is 352 g/mol. The number of allylic oxidation sites excluding steroid dienone is 1. The maximum Gasteiger partial charge on any atom is 0.213 e. The second-order valence-electron chi connectivity index (χ2n) is 6.34. The van der Waals surface area contributed by atoms with Crippen molar-refractivity contribution in [3.63, 3.8) is 0 Å². The van der Waals surface area contributed by atoms with Gasteiger partial charge in [-0.2, -0.15) is 0 Å². The van der Waals surface area contributed by atoms with Crippen LogP contribution in [-0.4, -0.2) is 53.3 Å². The predicted molar refractivity (Wildman–Crippen MR) is 108 cm³/mol. The molecular formula is C19H28N2O2S2. The molecule has 1 aliphatic heterocycles. The summed E-state index contributed by atoms with van der Waals surface area (Å²) in [4.78, 5) is 16.2. The summed E-state index contributed by atoms with van der Waals surface area (Å²) in [6, 6.07) is 10.6. The number of hydrogen-bond acceptors (Lipinski definition) is 5. The van der Waals surface area contributed by atoms with Gasteiger partial charge in [-0.25, -0.2) is 0 Å². The summed E-state index contributed by atoms with van der Waals surface area (Å²) in [6.45, 7) is 5.33. The third kappa shape index (κ3) is 6.70. The number of amides is 1. The minimum Gasteiger partial charge on any atom is -0.396 e. The molecule has 0 radical (unpaired) electrons. The maximum absolute atomic E-state index is 11.0. The number of benzene rings is 1. The Labute approximate surface area is 159 Å². The predicted octanol–water partition coefficient (Wildman–Crippen LogP) is 3.73. The fraction of sp³-hybridized carbons (Fsp3) is 0.526. The largest absolute Gasteiger partial charge is 0.396 e. The third-order valence-electron chi connectivity index (χ3n) is 4.50. The van der Waals surface area contributed by atoms with Crippen molar-refractivity contribution in [1.82, 2.24) is 9.80 Å². The molecule has 1 amide bonds. The van der Waals surface area contributed by atoms with Crippen LogP contribution in [0, 0.1) is 0 Å². The van der Waals surface area contributed by atoms with Gasteiger partial charge in [0, 0.05) is 42.5 Å². The highest BCUT2D eigenvalue weighted by Crippen LogP contribution is 2.40. The number of rotatable bonds is 9. The van der Waals surface area contributed by atoms with Crippen LogP contribution in [0.4, 0.5) is 0 Å². The van der Waals surface area contributed by atoms with Crippen LogP contribution in [-0.2, 0) is 11.3 Å². The van der Waals surface area contributed by atoms with Crippen molar-refractivity contribution in [2.24, 2.45) is 0 Å². The molecule has 0 unspecified atom stereocenters. The Morgan fingerprint density at radius 1 is 1.32 bits per heavy atom. The van der Waals surface area contributed by atoms with Gasteiger partial charge in [0.05, 0.1) is 0 Å². The summed E-state index contributed by atoms with van der Waals surface area (Å²) in [5.41, 5.74) is 2.31. The second kappa shape index (κ2) is 10.9. The molecule has 1 heterocycles. The zero-order chi connectivity index (χ0) is 18.1. The van der Waals surface area contributed by atoms with E-state index in [0.29, 0.717) is 11.7 Å². The molecule has 138 valence electrons. The van der Waals surface area contributed by atoms with E-state index in [1.165, 1.54) is 18.4 Å². The fourth-order valence-electron chi connectivity index (χ4n) is 2.79. The third-order valence-corrected chi connectivity index (χ3v) is 7.75. The Hall–Kier alpha value is -0.950. The van der Waals surface area contributed by atoms with Gasteiger partial charge in [-0.3, -0.25) is 9.69 Å². The van der Waals surface area contributed by atoms with Crippen LogP contribution in [0.15, 0.2) is 40.9 Å². The number of piperidine rings is 1. The van der Waals surface area contributed by atoms with Gasteiger partial charge in [0.15, 0.2) is 0 Å². The fourth-order valence-corrected chi connectivity index (χ4v) is 5.83. The topological polar surface area (TPSA) is 43.8 Å². The maximum atomic E-state index is 11.0. The molecule has 1 fully saturated rings. The highest BCUT2D eigenvalue weighted by atomic mass is 33.1. The number of likely N-dealkylation sites (tertiary alicyclic amines) is 1. The average Bonchev–Trinajstić information content (AvgIpc) is 2.66. The van der Waals surface area contributed by atoms with E-state index >= 15 is 0 Å². The Kier molecular flexibility index (Phi) is 8.89. The highest BCUT2D eigenvalue weighted by molar-refractivity contribution is 8.78. The summed E-state index contributed by atoms with van der Waals surface area (Å²) in [5, 5.41) is 9.91. The lowest BCUT2D eigenvalue weighted by molar-refractivity contribution is -0.115. The zero-order valence-electron chi connectivity index (χ0n) is 15.1. The van der Waals surface area contributed by atoms with Crippen LogP contribution in [0.5, 0.6) is 0 Å². The lowest BCUT2D eigenvalue weighted by Crippen LogP contribution is -2.34. The lowest BCUT2D eigenvalue weighted by Gasteiger charge is -2.31. The van der Waals surface area contributed by atoms with Gasteiger partial charge in [0.1, 0.15) is 0 Å². The second-order valence-corrected chi connectivity index (χ2v) is 8.94. The van der Waals surface area contributed by atoms with Crippen LogP contribution in [0.2, 0.25) is 0 Å². The van der Waals surface area contributed by atoms with Crippen LogP contribution < -0.4 is 0 Å². The van der Waals surface area contributed by atoms with Crippen molar-refractivity contribution in [2.45, 2.75) is 38.0 Å². The number of carbonyl (C=O) groups excluding carboxylic acids is 1. The van der Waals surface area contributed by atoms with Gasteiger partial charge in [0.25, 0.3) is 0 Å². The molecule has 1 aliphatic rings. The van der Waals surface area contributed by atoms with E-state index in [2.05, 4.69) is 35.2 Å². The van der Waals surface area contributed by atoms with Crippen molar-refractivity contribution in [1.29, 1.82) is 0 Å². The summed E-state index contributed by atoms with van der Waals surface area (Å²) in [7, 11) is 5.37. The minimum atomic E-state index is 0.114. The molecule has 1 saturated heterocycles. The quantitative estimate of drug-likeness (QED) is 0.522. The van der Waals surface area contributed by atoms with Crippen molar-refractivity contribution < 1.29 is 9.90 Å². The first-order chi connectivity index (χ1) is 12.1. The summed E-state index contributed by atoms with van der Waals surface area (Å²) in [6.07, 6.45) is 3.79. The lowest BCUT2D eigenvalue weighted by atomic mass is 10.1. The molecule has 0 bridgehead atoms. The van der Waals surface area contributed by atoms with Gasteiger partial charge in [0.2, 0.25) is 6.41 Å². The molecule has 4 nitrogen and oxygen atoms in total. The Morgan fingerprint density at radius 3 is 2.60 bits per heavy atom. The number of hydrogen-bond donors (Lipinski definition) is 1. The van der Waals surface area contributed by atoms with E-state index in [9.17, 15) is 9.90 Å². The van der Waals surface area contributed by atoms with E-state index in [1.54, 1.807) is 22.7 Å². The van der Waals surface area contributed by atoms with Gasteiger partial charge in [-0.05, 0) is 38.4 Å². The minimum absolute atomic E-state index is 0.114. The molecule has 6 heteroatoms. The molecule has 1 aromatic carbocycles. The molecule has 0 spiro atoms. The molecule has 0 saturated carbocycles. The van der Waals surface area contributed by atoms with Crippen LogP contribution >= 0.6 is 21.6 Å². The molecule has 2 rings (SSSR count). The van der Waals surface area contributed by atoms with E-state index in [1.807, 2.05) is 17.7 Å². The van der Waals surface area contributed by atoms with Crippen LogP contribution in [0.1, 0.15) is 31.7 Å². The SMILES string of the molecule is C/C(=C(\CCO)SSC1CCN(Cc2ccccc2)CC1)N(C)C=O. The van der Waals surface area contributed by atoms with Gasteiger partial charge in [-0.1, -0.05) is 51.9 Å². The van der Waals surface area contributed by atoms with E-state index in [0.717, 1.165) is 36.6 Å². The number of nitrogens with zero attached hydrogens (tertiary/aromatic N) is 2. The first kappa shape index (κ1) is 20.4. The van der Waals surface area contributed by atoms with Crippen molar-refractivity contribution in [2.75, 3.05) is 26.7 Å². The molecule has 0 aromatic heterocycles. The van der Waals surface area contributed by atoms with Crippen LogP contribution in [0.3, 0.4) is 0 Å². The van der Waals surface area contributed by atoms with Gasteiger partial charge in [-0.15, -0.1) is 0 Å². The van der Waals surface area contributed by atoms with Crippen molar-refractivity contribution >= 4 is 28.0 Å². The number of aliphatic hydroxyl groups is 1. The van der Waals surface area contributed by atoms with Gasteiger partial charge >= 0.3 is 0 Å². The molecule has 0 atom stereocenters. The molecule has 1 N–H and O–H groups in total. The monoisotopic (exact) mass is 380 g/mol. The smallest absolute Gasteiger partial charge is 0.213 e. The van der Waals surface area contributed by atoms with Gasteiger partial charge < -0.3 is 10.0 Å². The van der Waals surface area contributed by atoms with E-state index < -0.39 is 0 Å². The molecule has 1 aromatic rings. The first-order valence-corrected chi connectivity index (χ1v) is 10.9. The van der Waals surface area contributed by atoms with Crippen molar-refractivity contribution in [3.8, 4) is 0 Å². The zero-order valence-corrected chi connectivity index (χ0v) is 16.7. The summed E-state index contributed by atoms with van der Waals surface area (Å²) >= 11 is 0. The molecule has 25 heavy (non-hydrogen) atoms. The Morgan fingerprint density at radius 2 is 2.00 bits per heavy atom. The summed E-state index contributed by atoms with van der Waals surface area (Å²) in [5.74, 6) is 0. The number of aliphatic hydroxyl groups excluding tert-OH is 1. The normalized spacial score (nSPS) is 17.2. The highest BCUT2D eigenvalue weighted by Gasteiger charge is 2.21. The van der Waals surface area contributed by atoms with Crippen LogP contribution in [0.25, 0.3) is 0 Å². The Balaban J connectivity index is 1.79.